The largest absolute Gasteiger partial charge is 0.508 e. The first-order valence-corrected chi connectivity index (χ1v) is 24.2. The second kappa shape index (κ2) is 19.2. The van der Waals surface area contributed by atoms with Crippen LogP contribution in [0.5, 0.6) is 11.5 Å². The van der Waals surface area contributed by atoms with Gasteiger partial charge < -0.3 is 28.8 Å². The molecule has 344 valence electrons. The molecule has 3 aliphatic heterocycles. The molecule has 4 aromatic carbocycles. The number of anilines is 2. The van der Waals surface area contributed by atoms with Gasteiger partial charge in [0.1, 0.15) is 29.9 Å². The average Bonchev–Trinajstić information content (AvgIpc) is 3.80. The van der Waals surface area contributed by atoms with Crippen LogP contribution in [0.25, 0.3) is 11.3 Å². The lowest BCUT2D eigenvalue weighted by Gasteiger charge is -2.36. The van der Waals surface area contributed by atoms with Crippen molar-refractivity contribution in [1.82, 2.24) is 23.8 Å². The molecule has 1 fully saturated rings. The summed E-state index contributed by atoms with van der Waals surface area (Å²) in [5.74, 6) is 2.80. The van der Waals surface area contributed by atoms with Crippen molar-refractivity contribution in [2.45, 2.75) is 59.2 Å². The van der Waals surface area contributed by atoms with Crippen LogP contribution in [0, 0.1) is 25.2 Å². The summed E-state index contributed by atoms with van der Waals surface area (Å²) < 4.78 is 9.76. The number of benzene rings is 4. The van der Waals surface area contributed by atoms with Gasteiger partial charge in [-0.05, 0) is 122 Å². The molecule has 12 nitrogen and oxygen atoms in total. The maximum absolute atomic E-state index is 15.2. The molecule has 67 heavy (non-hydrogen) atoms. The van der Waals surface area contributed by atoms with Crippen molar-refractivity contribution in [3.05, 3.63) is 153 Å². The van der Waals surface area contributed by atoms with Crippen molar-refractivity contribution in [2.75, 3.05) is 49.2 Å². The number of ether oxygens (including phenoxy) is 1. The number of phenols is 1. The molecule has 0 unspecified atom stereocenters. The number of thioether (sulfide) groups is 1. The van der Waals surface area contributed by atoms with Crippen LogP contribution >= 0.6 is 11.8 Å². The highest BCUT2D eigenvalue weighted by Gasteiger charge is 2.33. The zero-order valence-electron chi connectivity index (χ0n) is 38.9. The number of carbonyl (C=O) groups excluding carboxylic acids is 3. The number of phenolic OH excluding ortho intramolecular Hbond substituents is 1. The predicted octanol–water partition coefficient (Wildman–Crippen LogP) is 8.35. The highest BCUT2D eigenvalue weighted by molar-refractivity contribution is 7.99. The third kappa shape index (κ3) is 9.20. The van der Waals surface area contributed by atoms with Crippen LogP contribution in [-0.2, 0) is 51.2 Å². The Morgan fingerprint density at radius 3 is 2.27 bits per heavy atom. The van der Waals surface area contributed by atoms with Crippen LogP contribution < -0.4 is 9.64 Å². The zero-order chi connectivity index (χ0) is 46.9. The Labute approximate surface area is 397 Å². The van der Waals surface area contributed by atoms with Gasteiger partial charge in [-0.1, -0.05) is 36.4 Å². The fourth-order valence-corrected chi connectivity index (χ4v) is 10.7. The molecule has 6 aromatic rings. The van der Waals surface area contributed by atoms with Gasteiger partial charge in [0, 0.05) is 105 Å². The molecule has 3 aliphatic rings. The van der Waals surface area contributed by atoms with Crippen LogP contribution in [-0.4, -0.2) is 97.0 Å². The lowest BCUT2D eigenvalue weighted by atomic mass is 9.89. The second-order valence-electron chi connectivity index (χ2n) is 18.0. The SMILES string of the molecule is Cc1c(N(C(=O)c2cc(-c3cc4c(cc3C(=O)N3Cc5ccccc5C[C@H]3C)CN(C(=O)Cc3ccc(OCCN5CCSCC5)cc3)CC4)n(C)c2C)c2ccc(O)cc2)cc(C#N)n1C. The highest BCUT2D eigenvalue weighted by atomic mass is 32.2. The molecule has 3 amide bonds. The standard InChI is InChI=1S/C54H57N7O5S/c1-35-26-39-8-6-7-9-41(39)34-60(35)53(64)49-29-42-33-59(52(63)27-38-10-16-46(17-11-38)66-23-20-58-21-24-67-25-22-58)19-18-40(42)28-48(49)51-31-47(36(2)57(51)5)54(65)61(43-12-14-45(62)15-13-43)50-30-44(32-55)56(4)37(50)3/h6-17,28-31,35,62H,18-27,33-34H2,1-5H3/t35-/m1/s1. The molecule has 0 aliphatic carbocycles. The average molecular weight is 916 g/mol. The fourth-order valence-electron chi connectivity index (χ4n) is 9.70. The van der Waals surface area contributed by atoms with E-state index in [2.05, 4.69) is 36.1 Å². The summed E-state index contributed by atoms with van der Waals surface area (Å²) in [5, 5.41) is 20.1. The van der Waals surface area contributed by atoms with Crippen LogP contribution in [0.4, 0.5) is 11.4 Å². The zero-order valence-corrected chi connectivity index (χ0v) is 39.7. The number of amides is 3. The maximum Gasteiger partial charge on any atom is 0.264 e. The summed E-state index contributed by atoms with van der Waals surface area (Å²) in [6.45, 7) is 11.0. The lowest BCUT2D eigenvalue weighted by Crippen LogP contribution is -2.43. The number of hydrogen-bond donors (Lipinski definition) is 1. The Morgan fingerprint density at radius 2 is 1.55 bits per heavy atom. The minimum absolute atomic E-state index is 0.0236. The topological polar surface area (TPSA) is 127 Å². The molecule has 1 atom stereocenters. The van der Waals surface area contributed by atoms with E-state index in [0.717, 1.165) is 65.3 Å². The van der Waals surface area contributed by atoms with E-state index in [1.165, 1.54) is 29.2 Å². The molecule has 1 saturated heterocycles. The van der Waals surface area contributed by atoms with E-state index in [0.29, 0.717) is 72.2 Å². The molecule has 9 rings (SSSR count). The van der Waals surface area contributed by atoms with Crippen LogP contribution in [0.3, 0.4) is 0 Å². The summed E-state index contributed by atoms with van der Waals surface area (Å²) >= 11 is 2.00. The quantitative estimate of drug-likeness (QED) is 0.138. The number of aromatic nitrogens is 2. The maximum atomic E-state index is 15.2. The number of nitriles is 1. The number of rotatable bonds is 11. The number of carbonyl (C=O) groups is 3. The molecule has 13 heteroatoms. The first-order chi connectivity index (χ1) is 32.4. The summed E-state index contributed by atoms with van der Waals surface area (Å²) in [5.41, 5.74) is 10.5. The molecule has 0 radical (unpaired) electrons. The van der Waals surface area contributed by atoms with Crippen LogP contribution in [0.2, 0.25) is 0 Å². The summed E-state index contributed by atoms with van der Waals surface area (Å²) in [4.78, 5) is 52.0. The lowest BCUT2D eigenvalue weighted by molar-refractivity contribution is -0.131. The van der Waals surface area contributed by atoms with E-state index in [-0.39, 0.29) is 35.9 Å². The van der Waals surface area contributed by atoms with Gasteiger partial charge in [0.2, 0.25) is 5.91 Å². The third-order valence-corrected chi connectivity index (χ3v) is 14.9. The van der Waals surface area contributed by atoms with Crippen molar-refractivity contribution in [3.63, 3.8) is 0 Å². The first-order valence-electron chi connectivity index (χ1n) is 23.1. The van der Waals surface area contributed by atoms with Gasteiger partial charge in [-0.25, -0.2) is 0 Å². The van der Waals surface area contributed by atoms with Crippen LogP contribution in [0.1, 0.15) is 72.5 Å². The molecule has 0 saturated carbocycles. The Morgan fingerprint density at radius 1 is 0.821 bits per heavy atom. The molecular weight excluding hydrogens is 859 g/mol. The monoisotopic (exact) mass is 915 g/mol. The normalized spacial score (nSPS) is 16.0. The molecular formula is C54H57N7O5S. The number of nitrogens with zero attached hydrogens (tertiary/aromatic N) is 7. The van der Waals surface area contributed by atoms with E-state index in [1.54, 1.807) is 34.7 Å². The summed E-state index contributed by atoms with van der Waals surface area (Å²) in [6, 6.07) is 32.3. The molecule has 5 heterocycles. The third-order valence-electron chi connectivity index (χ3n) is 14.0. The van der Waals surface area contributed by atoms with Gasteiger partial charge >= 0.3 is 0 Å². The summed E-state index contributed by atoms with van der Waals surface area (Å²) in [6.07, 6.45) is 1.60. The molecule has 2 aromatic heterocycles. The van der Waals surface area contributed by atoms with Crippen molar-refractivity contribution in [1.29, 1.82) is 5.26 Å². The Hall–Kier alpha value is -6.75. The van der Waals surface area contributed by atoms with E-state index < -0.39 is 0 Å². The Balaban J connectivity index is 1.03. The van der Waals surface area contributed by atoms with E-state index in [1.807, 2.05) is 95.6 Å². The summed E-state index contributed by atoms with van der Waals surface area (Å²) in [7, 11) is 3.70. The van der Waals surface area contributed by atoms with Crippen molar-refractivity contribution in [3.8, 4) is 28.8 Å². The minimum atomic E-state index is -0.321. The Bertz CT molecular complexity index is 2890. The van der Waals surface area contributed by atoms with Gasteiger partial charge in [-0.2, -0.15) is 17.0 Å². The van der Waals surface area contributed by atoms with Gasteiger partial charge in [0.05, 0.1) is 17.7 Å². The van der Waals surface area contributed by atoms with Crippen LogP contribution in [0.15, 0.2) is 97.1 Å². The predicted molar refractivity (Wildman–Crippen MR) is 263 cm³/mol. The fraction of sp³-hybridized carbons (Fsp3) is 0.333. The second-order valence-corrected chi connectivity index (χ2v) is 19.3. The number of aromatic hydroxyl groups is 1. The molecule has 0 bridgehead atoms. The number of hydrogen-bond acceptors (Lipinski definition) is 8. The van der Waals surface area contributed by atoms with Crippen molar-refractivity contribution < 1.29 is 24.2 Å². The van der Waals surface area contributed by atoms with E-state index in [9.17, 15) is 15.2 Å². The number of fused-ring (bicyclic) bond motifs is 2. The Kier molecular flexibility index (Phi) is 13.0. The molecule has 0 spiro atoms. The van der Waals surface area contributed by atoms with E-state index in [4.69, 9.17) is 4.74 Å². The van der Waals surface area contributed by atoms with Crippen molar-refractivity contribution in [2.24, 2.45) is 14.1 Å². The van der Waals surface area contributed by atoms with Gasteiger partial charge in [-0.15, -0.1) is 0 Å². The minimum Gasteiger partial charge on any atom is -0.508 e. The van der Waals surface area contributed by atoms with Crippen molar-refractivity contribution >= 4 is 40.9 Å². The smallest absolute Gasteiger partial charge is 0.264 e. The molecule has 1 N–H and O–H groups in total. The first kappa shape index (κ1) is 45.4. The van der Waals surface area contributed by atoms with Gasteiger partial charge in [0.25, 0.3) is 11.8 Å². The van der Waals surface area contributed by atoms with Gasteiger partial charge in [0.15, 0.2) is 0 Å². The highest BCUT2D eigenvalue weighted by Crippen LogP contribution is 2.38. The van der Waals surface area contributed by atoms with E-state index >= 15 is 9.59 Å². The van der Waals surface area contributed by atoms with Gasteiger partial charge in [-0.3, -0.25) is 24.2 Å².